The van der Waals surface area contributed by atoms with E-state index in [-0.39, 0.29) is 11.3 Å². The predicted octanol–water partition coefficient (Wildman–Crippen LogP) is 3.66. The molecule has 0 unspecified atom stereocenters. The van der Waals surface area contributed by atoms with E-state index >= 15 is 0 Å². The lowest BCUT2D eigenvalue weighted by atomic mass is 9.99. The molecule has 2 heterocycles. The van der Waals surface area contributed by atoms with Crippen molar-refractivity contribution in [3.8, 4) is 0 Å². The molecule has 1 aromatic carbocycles. The van der Waals surface area contributed by atoms with Gasteiger partial charge in [-0.25, -0.2) is 0 Å². The number of amides is 1. The van der Waals surface area contributed by atoms with Gasteiger partial charge >= 0.3 is 0 Å². The van der Waals surface area contributed by atoms with Crippen LogP contribution < -0.4 is 0 Å². The first-order valence-corrected chi connectivity index (χ1v) is 10.0. The molecule has 2 aromatic rings. The average Bonchev–Trinajstić information content (AvgIpc) is 3.24. The number of Topliss-reactive ketones (excluding diaryl/α,β-unsaturated/α-hetero) is 1. The van der Waals surface area contributed by atoms with Gasteiger partial charge in [-0.3, -0.25) is 9.59 Å². The molecule has 1 saturated heterocycles. The van der Waals surface area contributed by atoms with Gasteiger partial charge in [0, 0.05) is 18.7 Å². The van der Waals surface area contributed by atoms with Gasteiger partial charge in [0.15, 0.2) is 0 Å². The van der Waals surface area contributed by atoms with Gasteiger partial charge < -0.3 is 19.3 Å². The molecule has 1 fully saturated rings. The Bertz CT molecular complexity index is 923. The summed E-state index contributed by atoms with van der Waals surface area (Å²) in [5.41, 5.74) is 1.62. The first-order valence-electron chi connectivity index (χ1n) is 10.0. The molecule has 1 aliphatic heterocycles. The third-order valence-electron chi connectivity index (χ3n) is 5.45. The van der Waals surface area contributed by atoms with E-state index in [0.29, 0.717) is 30.2 Å². The van der Waals surface area contributed by atoms with E-state index in [2.05, 4.69) is 18.7 Å². The van der Waals surface area contributed by atoms with E-state index in [1.165, 1.54) is 4.90 Å². The van der Waals surface area contributed by atoms with Crippen LogP contribution in [0, 0.1) is 13.8 Å². The number of carbonyl (C=O) groups excluding carboxylic acids is 2. The van der Waals surface area contributed by atoms with Crippen molar-refractivity contribution >= 4 is 17.4 Å². The summed E-state index contributed by atoms with van der Waals surface area (Å²) in [6.45, 7) is 10.6. The summed E-state index contributed by atoms with van der Waals surface area (Å²) >= 11 is 0. The molecule has 1 atom stereocenters. The number of hydrogen-bond acceptors (Lipinski definition) is 5. The second kappa shape index (κ2) is 8.66. The number of aliphatic hydroxyl groups excluding tert-OH is 1. The molecule has 0 saturated carbocycles. The third kappa shape index (κ3) is 4.12. The normalized spacial score (nSPS) is 18.8. The minimum atomic E-state index is -0.736. The first kappa shape index (κ1) is 20.9. The lowest BCUT2D eigenvalue weighted by Gasteiger charge is -2.26. The zero-order valence-corrected chi connectivity index (χ0v) is 17.4. The maximum Gasteiger partial charge on any atom is 0.295 e. The van der Waals surface area contributed by atoms with E-state index in [1.54, 1.807) is 24.3 Å². The SMILES string of the molecule is CCN(CC)CCN1C(=O)C(=O)/C(=C(/O)c2ccc(C)cc2)[C@H]1c1ccc(C)o1. The summed E-state index contributed by atoms with van der Waals surface area (Å²) in [5.74, 6) is -0.293. The van der Waals surface area contributed by atoms with Crippen LogP contribution in [0.15, 0.2) is 46.4 Å². The lowest BCUT2D eigenvalue weighted by Crippen LogP contribution is -2.37. The summed E-state index contributed by atoms with van der Waals surface area (Å²) in [6, 6.07) is 10.0. The fourth-order valence-corrected chi connectivity index (χ4v) is 3.66. The van der Waals surface area contributed by atoms with E-state index in [0.717, 1.165) is 18.7 Å². The number of aryl methyl sites for hydroxylation is 2. The molecule has 6 nitrogen and oxygen atoms in total. The molecule has 0 spiro atoms. The average molecular weight is 396 g/mol. The number of benzene rings is 1. The first-order chi connectivity index (χ1) is 13.9. The van der Waals surface area contributed by atoms with Crippen molar-refractivity contribution < 1.29 is 19.1 Å². The molecular formula is C23H28N2O4. The Morgan fingerprint density at radius 1 is 1.07 bits per heavy atom. The minimum absolute atomic E-state index is 0.0766. The maximum absolute atomic E-state index is 12.9. The highest BCUT2D eigenvalue weighted by Gasteiger charge is 2.47. The quantitative estimate of drug-likeness (QED) is 0.439. The van der Waals surface area contributed by atoms with Crippen molar-refractivity contribution in [3.63, 3.8) is 0 Å². The van der Waals surface area contributed by atoms with Crippen molar-refractivity contribution in [2.75, 3.05) is 26.2 Å². The molecule has 0 bridgehead atoms. The number of hydrogen-bond donors (Lipinski definition) is 1. The van der Waals surface area contributed by atoms with Crippen LogP contribution in [0.5, 0.6) is 0 Å². The maximum atomic E-state index is 12.9. The molecule has 0 radical (unpaired) electrons. The van der Waals surface area contributed by atoms with Crippen LogP contribution >= 0.6 is 0 Å². The molecular weight excluding hydrogens is 368 g/mol. The number of nitrogens with zero attached hydrogens (tertiary/aromatic N) is 2. The number of likely N-dealkylation sites (tertiary alicyclic amines) is 1. The molecule has 0 aliphatic carbocycles. The van der Waals surface area contributed by atoms with Gasteiger partial charge in [0.1, 0.15) is 23.3 Å². The molecule has 154 valence electrons. The van der Waals surface area contributed by atoms with E-state index in [9.17, 15) is 14.7 Å². The Hall–Kier alpha value is -2.86. The topological polar surface area (TPSA) is 74.0 Å². The Labute approximate surface area is 171 Å². The van der Waals surface area contributed by atoms with Crippen LogP contribution in [-0.4, -0.2) is 52.8 Å². The third-order valence-corrected chi connectivity index (χ3v) is 5.45. The highest BCUT2D eigenvalue weighted by atomic mass is 16.3. The summed E-state index contributed by atoms with van der Waals surface area (Å²) in [6.07, 6.45) is 0. The number of furan rings is 1. The Morgan fingerprint density at radius 2 is 1.72 bits per heavy atom. The molecule has 1 aliphatic rings. The lowest BCUT2D eigenvalue weighted by molar-refractivity contribution is -0.140. The monoisotopic (exact) mass is 396 g/mol. The molecule has 1 aromatic heterocycles. The number of ketones is 1. The van der Waals surface area contributed by atoms with Crippen LogP contribution in [0.3, 0.4) is 0 Å². The summed E-state index contributed by atoms with van der Waals surface area (Å²) < 4.78 is 5.78. The van der Waals surface area contributed by atoms with Gasteiger partial charge in [-0.05, 0) is 39.1 Å². The van der Waals surface area contributed by atoms with Crippen LogP contribution in [0.1, 0.15) is 42.5 Å². The van der Waals surface area contributed by atoms with Crippen molar-refractivity contribution in [1.82, 2.24) is 9.80 Å². The van der Waals surface area contributed by atoms with Gasteiger partial charge in [-0.15, -0.1) is 0 Å². The van der Waals surface area contributed by atoms with Crippen molar-refractivity contribution in [1.29, 1.82) is 0 Å². The standard InChI is InChI=1S/C23H28N2O4/c1-5-24(6-2)13-14-25-20(18-12-9-16(4)29-18)19(22(27)23(25)28)21(26)17-10-7-15(3)8-11-17/h7-12,20,26H,5-6,13-14H2,1-4H3/b21-19+/t20-/m1/s1. The van der Waals surface area contributed by atoms with Crippen molar-refractivity contribution in [2.24, 2.45) is 0 Å². The van der Waals surface area contributed by atoms with Gasteiger partial charge in [0.2, 0.25) is 0 Å². The Kier molecular flexibility index (Phi) is 6.23. The van der Waals surface area contributed by atoms with Crippen LogP contribution in [0.2, 0.25) is 0 Å². The Morgan fingerprint density at radius 3 is 2.28 bits per heavy atom. The summed E-state index contributed by atoms with van der Waals surface area (Å²) in [7, 11) is 0. The van der Waals surface area contributed by atoms with Gasteiger partial charge in [0.05, 0.1) is 5.57 Å². The number of rotatable bonds is 7. The zero-order chi connectivity index (χ0) is 21.1. The van der Waals surface area contributed by atoms with Gasteiger partial charge in [0.25, 0.3) is 11.7 Å². The predicted molar refractivity (Wildman–Crippen MR) is 111 cm³/mol. The van der Waals surface area contributed by atoms with E-state index < -0.39 is 17.7 Å². The highest BCUT2D eigenvalue weighted by molar-refractivity contribution is 6.46. The fraction of sp³-hybridized carbons (Fsp3) is 0.391. The second-order valence-electron chi connectivity index (χ2n) is 7.33. The van der Waals surface area contributed by atoms with Crippen LogP contribution in [0.4, 0.5) is 0 Å². The molecule has 1 N–H and O–H groups in total. The smallest absolute Gasteiger partial charge is 0.295 e. The summed E-state index contributed by atoms with van der Waals surface area (Å²) in [5, 5.41) is 11.0. The number of aliphatic hydroxyl groups is 1. The molecule has 29 heavy (non-hydrogen) atoms. The van der Waals surface area contributed by atoms with E-state index in [4.69, 9.17) is 4.42 Å². The van der Waals surface area contributed by atoms with Crippen molar-refractivity contribution in [2.45, 2.75) is 33.7 Å². The highest BCUT2D eigenvalue weighted by Crippen LogP contribution is 2.39. The van der Waals surface area contributed by atoms with Crippen LogP contribution in [0.25, 0.3) is 5.76 Å². The summed E-state index contributed by atoms with van der Waals surface area (Å²) in [4.78, 5) is 29.5. The molecule has 6 heteroatoms. The van der Waals surface area contributed by atoms with Crippen LogP contribution in [-0.2, 0) is 9.59 Å². The van der Waals surface area contributed by atoms with Crippen molar-refractivity contribution in [3.05, 3.63) is 64.6 Å². The van der Waals surface area contributed by atoms with Gasteiger partial charge in [-0.2, -0.15) is 0 Å². The fourth-order valence-electron chi connectivity index (χ4n) is 3.66. The number of likely N-dealkylation sites (N-methyl/N-ethyl adjacent to an activating group) is 1. The number of carbonyl (C=O) groups is 2. The largest absolute Gasteiger partial charge is 0.507 e. The molecule has 3 rings (SSSR count). The Balaban J connectivity index is 2.06. The zero-order valence-electron chi connectivity index (χ0n) is 17.4. The molecule has 1 amide bonds. The van der Waals surface area contributed by atoms with E-state index in [1.807, 2.05) is 26.0 Å². The minimum Gasteiger partial charge on any atom is -0.507 e. The van der Waals surface area contributed by atoms with Gasteiger partial charge in [-0.1, -0.05) is 43.7 Å². The second-order valence-corrected chi connectivity index (χ2v) is 7.33.